The lowest BCUT2D eigenvalue weighted by atomic mass is 10.0. The van der Waals surface area contributed by atoms with Gasteiger partial charge in [-0.1, -0.05) is 41.1 Å². The van der Waals surface area contributed by atoms with E-state index in [4.69, 9.17) is 10.5 Å². The van der Waals surface area contributed by atoms with Crippen LogP contribution in [0.4, 0.5) is 16.4 Å². The number of ether oxygens (including phenoxy) is 1. The van der Waals surface area contributed by atoms with Crippen molar-refractivity contribution in [3.8, 4) is 11.8 Å². The van der Waals surface area contributed by atoms with Crippen LogP contribution in [0.15, 0.2) is 46.9 Å². The second-order valence-electron chi connectivity index (χ2n) is 6.59. The third-order valence-electron chi connectivity index (χ3n) is 4.64. The van der Waals surface area contributed by atoms with Crippen LogP contribution in [0.2, 0.25) is 0 Å². The lowest BCUT2D eigenvalue weighted by Crippen LogP contribution is -2.02. The molecule has 4 rings (SSSR count). The van der Waals surface area contributed by atoms with E-state index >= 15 is 0 Å². The van der Waals surface area contributed by atoms with Gasteiger partial charge in [-0.15, -0.1) is 11.3 Å². The van der Waals surface area contributed by atoms with Crippen LogP contribution in [0.5, 0.6) is 5.75 Å². The fraction of sp³-hybridized carbons (Fsp3) is 0.143. The Hall–Kier alpha value is -2.82. The molecule has 3 aromatic rings. The largest absolute Gasteiger partial charge is 0.493 e. The topological polar surface area (TPSA) is 88.1 Å². The number of nitriles is 1. The van der Waals surface area contributed by atoms with Crippen molar-refractivity contribution in [2.45, 2.75) is 12.8 Å². The zero-order valence-corrected chi connectivity index (χ0v) is 17.4. The van der Waals surface area contributed by atoms with Crippen LogP contribution in [0, 0.1) is 11.3 Å². The fourth-order valence-corrected chi connectivity index (χ4v) is 4.60. The normalized spacial score (nSPS) is 14.8. The van der Waals surface area contributed by atoms with Gasteiger partial charge in [-0.05, 0) is 18.2 Å². The van der Waals surface area contributed by atoms with Gasteiger partial charge in [0.05, 0.1) is 12.3 Å². The Morgan fingerprint density at radius 1 is 1.36 bits per heavy atom. The number of hydrogen-bond acceptors (Lipinski definition) is 6. The van der Waals surface area contributed by atoms with Crippen molar-refractivity contribution >= 4 is 49.4 Å². The molecule has 28 heavy (non-hydrogen) atoms. The molecule has 5 nitrogen and oxygen atoms in total. The van der Waals surface area contributed by atoms with Crippen LogP contribution < -0.4 is 15.8 Å². The first kappa shape index (κ1) is 18.5. The maximum atomic E-state index is 12.9. The monoisotopic (exact) mass is 453 g/mol. The van der Waals surface area contributed by atoms with Gasteiger partial charge in [0.1, 0.15) is 27.3 Å². The highest BCUT2D eigenvalue weighted by Gasteiger charge is 2.24. The van der Waals surface area contributed by atoms with E-state index < -0.39 is 0 Å². The molecule has 0 bridgehead atoms. The van der Waals surface area contributed by atoms with Crippen molar-refractivity contribution in [1.29, 1.82) is 5.26 Å². The van der Waals surface area contributed by atoms with E-state index in [1.165, 1.54) is 16.9 Å². The molecule has 0 spiro atoms. The van der Waals surface area contributed by atoms with Gasteiger partial charge >= 0.3 is 0 Å². The standard InChI is InChI=1S/C21H16BrN3O2S/c1-11-10-27-17-8-14(5-6-15(11)17)25-21-16(9-23)18(24)20(28-21)19(26)12-3-2-4-13(22)7-12/h2-8,11,25H,10,24H2,1H3. The number of hydrogen-bond donors (Lipinski definition) is 2. The lowest BCUT2D eigenvalue weighted by molar-refractivity contribution is 0.104. The van der Waals surface area contributed by atoms with Gasteiger partial charge in [0.15, 0.2) is 0 Å². The molecular weight excluding hydrogens is 438 g/mol. The molecule has 1 unspecified atom stereocenters. The SMILES string of the molecule is CC1COc2cc(Nc3sc(C(=O)c4cccc(Br)c4)c(N)c3C#N)ccc21. The molecule has 3 N–H and O–H groups in total. The van der Waals surface area contributed by atoms with Crippen molar-refractivity contribution < 1.29 is 9.53 Å². The minimum Gasteiger partial charge on any atom is -0.493 e. The van der Waals surface area contributed by atoms with E-state index in [1.54, 1.807) is 18.2 Å². The average Bonchev–Trinajstić information content (AvgIpc) is 3.20. The summed E-state index contributed by atoms with van der Waals surface area (Å²) >= 11 is 4.56. The summed E-state index contributed by atoms with van der Waals surface area (Å²) in [5.41, 5.74) is 9.09. The van der Waals surface area contributed by atoms with Gasteiger partial charge < -0.3 is 15.8 Å². The first-order chi connectivity index (χ1) is 13.5. The minimum atomic E-state index is -0.209. The molecule has 140 valence electrons. The van der Waals surface area contributed by atoms with Crippen molar-refractivity contribution in [2.75, 3.05) is 17.7 Å². The number of nitrogen functional groups attached to an aromatic ring is 1. The summed E-state index contributed by atoms with van der Waals surface area (Å²) < 4.78 is 6.50. The third-order valence-corrected chi connectivity index (χ3v) is 6.25. The maximum absolute atomic E-state index is 12.9. The van der Waals surface area contributed by atoms with E-state index in [9.17, 15) is 10.1 Å². The molecule has 2 aromatic carbocycles. The fourth-order valence-electron chi connectivity index (χ4n) is 3.15. The van der Waals surface area contributed by atoms with Crippen molar-refractivity contribution in [2.24, 2.45) is 0 Å². The second kappa shape index (κ2) is 7.30. The van der Waals surface area contributed by atoms with Crippen LogP contribution in [0.25, 0.3) is 0 Å². The Kier molecular flexibility index (Phi) is 4.84. The summed E-state index contributed by atoms with van der Waals surface area (Å²) in [5, 5.41) is 13.3. The highest BCUT2D eigenvalue weighted by molar-refractivity contribution is 9.10. The van der Waals surface area contributed by atoms with Crippen LogP contribution in [-0.2, 0) is 0 Å². The van der Waals surface area contributed by atoms with E-state index in [0.717, 1.165) is 15.9 Å². The lowest BCUT2D eigenvalue weighted by Gasteiger charge is -2.07. The molecule has 2 heterocycles. The third kappa shape index (κ3) is 3.26. The van der Waals surface area contributed by atoms with Crippen molar-refractivity contribution in [1.82, 2.24) is 0 Å². The number of anilines is 3. The number of carbonyl (C=O) groups excluding carboxylic acids is 1. The number of nitrogens with zero attached hydrogens (tertiary/aromatic N) is 1. The summed E-state index contributed by atoms with van der Waals surface area (Å²) in [6.07, 6.45) is 0. The van der Waals surface area contributed by atoms with Crippen LogP contribution in [-0.4, -0.2) is 12.4 Å². The number of thiophene rings is 1. The predicted octanol–water partition coefficient (Wildman–Crippen LogP) is 5.43. The molecule has 1 aromatic heterocycles. The minimum absolute atomic E-state index is 0.200. The predicted molar refractivity (Wildman–Crippen MR) is 115 cm³/mol. The molecule has 0 aliphatic carbocycles. The Balaban J connectivity index is 1.68. The van der Waals surface area contributed by atoms with Gasteiger partial charge in [-0.25, -0.2) is 0 Å². The highest BCUT2D eigenvalue weighted by Crippen LogP contribution is 2.40. The summed E-state index contributed by atoms with van der Waals surface area (Å²) in [7, 11) is 0. The molecule has 1 aliphatic heterocycles. The first-order valence-electron chi connectivity index (χ1n) is 8.64. The zero-order valence-electron chi connectivity index (χ0n) is 15.0. The smallest absolute Gasteiger partial charge is 0.205 e. The van der Waals surface area contributed by atoms with Gasteiger partial charge in [0.25, 0.3) is 0 Å². The molecule has 7 heteroatoms. The Morgan fingerprint density at radius 3 is 2.93 bits per heavy atom. The first-order valence-corrected chi connectivity index (χ1v) is 10.2. The van der Waals surface area contributed by atoms with Gasteiger partial charge in [-0.3, -0.25) is 4.79 Å². The Labute approximate surface area is 174 Å². The maximum Gasteiger partial charge on any atom is 0.205 e. The molecule has 1 atom stereocenters. The zero-order chi connectivity index (χ0) is 19.8. The molecular formula is C21H16BrN3O2S. The van der Waals surface area contributed by atoms with E-state index in [0.29, 0.717) is 28.0 Å². The number of fused-ring (bicyclic) bond motifs is 1. The Morgan fingerprint density at radius 2 is 2.18 bits per heavy atom. The van der Waals surface area contributed by atoms with Gasteiger partial charge in [0, 0.05) is 33.3 Å². The number of halogens is 1. The quantitative estimate of drug-likeness (QED) is 0.513. The number of nitrogens with one attached hydrogen (secondary N) is 1. The molecule has 0 saturated heterocycles. The summed E-state index contributed by atoms with van der Waals surface area (Å²) in [5.74, 6) is 0.996. The number of carbonyl (C=O) groups is 1. The van der Waals surface area contributed by atoms with Crippen LogP contribution in [0.1, 0.15) is 39.2 Å². The molecule has 1 aliphatic rings. The van der Waals surface area contributed by atoms with Crippen LogP contribution >= 0.6 is 27.3 Å². The summed E-state index contributed by atoms with van der Waals surface area (Å²) in [6.45, 7) is 2.78. The number of nitrogens with two attached hydrogens (primary N) is 1. The van der Waals surface area contributed by atoms with Gasteiger partial charge in [0.2, 0.25) is 5.78 Å². The molecule has 0 amide bonds. The van der Waals surface area contributed by atoms with Crippen molar-refractivity contribution in [3.05, 3.63) is 68.5 Å². The summed E-state index contributed by atoms with van der Waals surface area (Å²) in [4.78, 5) is 13.2. The highest BCUT2D eigenvalue weighted by atomic mass is 79.9. The molecule has 0 saturated carbocycles. The van der Waals surface area contributed by atoms with E-state index in [1.807, 2.05) is 24.3 Å². The van der Waals surface area contributed by atoms with E-state index in [2.05, 4.69) is 34.2 Å². The average molecular weight is 454 g/mol. The van der Waals surface area contributed by atoms with E-state index in [-0.39, 0.29) is 17.0 Å². The molecule has 0 radical (unpaired) electrons. The number of rotatable bonds is 4. The van der Waals surface area contributed by atoms with Crippen LogP contribution in [0.3, 0.4) is 0 Å². The second-order valence-corrected chi connectivity index (χ2v) is 8.53. The summed E-state index contributed by atoms with van der Waals surface area (Å²) in [6, 6.07) is 15.1. The number of benzene rings is 2. The Bertz CT molecular complexity index is 1130. The number of ketones is 1. The molecule has 0 fully saturated rings. The van der Waals surface area contributed by atoms with Gasteiger partial charge in [-0.2, -0.15) is 5.26 Å². The van der Waals surface area contributed by atoms with Crippen molar-refractivity contribution in [3.63, 3.8) is 0 Å².